The number of pyridine rings is 1. The third kappa shape index (κ3) is 2.37. The maximum absolute atomic E-state index is 5.63. The van der Waals surface area contributed by atoms with Gasteiger partial charge in [0.1, 0.15) is 12.1 Å². The molecule has 3 aromatic rings. The smallest absolute Gasteiger partial charge is 0.177 e. The number of hydrogen-bond acceptors (Lipinski definition) is 5. The summed E-state index contributed by atoms with van der Waals surface area (Å²) in [5.41, 5.74) is 2.41. The van der Waals surface area contributed by atoms with Crippen molar-refractivity contribution in [1.29, 1.82) is 0 Å². The van der Waals surface area contributed by atoms with Gasteiger partial charge < -0.3 is 4.74 Å². The molecule has 0 saturated heterocycles. The van der Waals surface area contributed by atoms with Crippen molar-refractivity contribution in [1.82, 2.24) is 24.8 Å². The fourth-order valence-electron chi connectivity index (χ4n) is 1.78. The second kappa shape index (κ2) is 4.64. The largest absolute Gasteiger partial charge is 0.489 e. The number of aromatic nitrogens is 5. The van der Waals surface area contributed by atoms with Gasteiger partial charge >= 0.3 is 0 Å². The minimum atomic E-state index is 0.116. The van der Waals surface area contributed by atoms with Crippen LogP contribution in [0, 0.1) is 0 Å². The number of nitrogens with zero attached hydrogens (tertiary/aromatic N) is 5. The highest BCUT2D eigenvalue weighted by atomic mass is 16.5. The Morgan fingerprint density at radius 3 is 2.95 bits per heavy atom. The van der Waals surface area contributed by atoms with Crippen LogP contribution in [0.15, 0.2) is 36.9 Å². The minimum Gasteiger partial charge on any atom is -0.489 e. The van der Waals surface area contributed by atoms with Crippen molar-refractivity contribution in [2.45, 2.75) is 20.0 Å². The molecular weight excluding hydrogens is 242 g/mol. The van der Waals surface area contributed by atoms with Crippen molar-refractivity contribution in [3.05, 3.63) is 36.9 Å². The van der Waals surface area contributed by atoms with Crippen LogP contribution in [0.1, 0.15) is 13.8 Å². The molecule has 0 spiro atoms. The lowest BCUT2D eigenvalue weighted by molar-refractivity contribution is 0.241. The molecule has 0 aliphatic rings. The summed E-state index contributed by atoms with van der Waals surface area (Å²) in [5.74, 6) is 0.734. The van der Waals surface area contributed by atoms with Crippen LogP contribution in [0.4, 0.5) is 0 Å². The zero-order valence-corrected chi connectivity index (χ0v) is 10.7. The maximum Gasteiger partial charge on any atom is 0.177 e. The van der Waals surface area contributed by atoms with Crippen LogP contribution in [-0.4, -0.2) is 30.9 Å². The van der Waals surface area contributed by atoms with E-state index in [2.05, 4.69) is 20.3 Å². The van der Waals surface area contributed by atoms with E-state index in [4.69, 9.17) is 4.74 Å². The highest BCUT2D eigenvalue weighted by Crippen LogP contribution is 2.21. The standard InChI is InChI=1S/C13H13N5O/c1-9(2)19-11-5-10(6-14-7-11)12-3-4-13-16-15-8-18(13)17-12/h3-9H,1-2H3. The van der Waals surface area contributed by atoms with Crippen LogP contribution in [0.25, 0.3) is 16.9 Å². The fourth-order valence-corrected chi connectivity index (χ4v) is 1.78. The molecule has 0 unspecified atom stereocenters. The lowest BCUT2D eigenvalue weighted by atomic mass is 10.2. The van der Waals surface area contributed by atoms with Crippen LogP contribution in [0.3, 0.4) is 0 Å². The van der Waals surface area contributed by atoms with Gasteiger partial charge in [-0.05, 0) is 32.0 Å². The summed E-state index contributed by atoms with van der Waals surface area (Å²) in [4.78, 5) is 4.18. The minimum absolute atomic E-state index is 0.116. The Hall–Kier alpha value is -2.50. The van der Waals surface area contributed by atoms with E-state index in [1.54, 1.807) is 23.2 Å². The van der Waals surface area contributed by atoms with Gasteiger partial charge in [-0.25, -0.2) is 0 Å². The number of ether oxygens (including phenoxy) is 1. The first-order chi connectivity index (χ1) is 9.22. The van der Waals surface area contributed by atoms with E-state index in [0.717, 1.165) is 17.0 Å². The molecule has 0 amide bonds. The van der Waals surface area contributed by atoms with Gasteiger partial charge in [0.2, 0.25) is 0 Å². The Morgan fingerprint density at radius 2 is 2.11 bits per heavy atom. The summed E-state index contributed by atoms with van der Waals surface area (Å²) in [6.45, 7) is 3.96. The first-order valence-electron chi connectivity index (χ1n) is 6.01. The van der Waals surface area contributed by atoms with Crippen LogP contribution in [0.5, 0.6) is 5.75 Å². The van der Waals surface area contributed by atoms with Crippen molar-refractivity contribution in [3.63, 3.8) is 0 Å². The molecule has 96 valence electrons. The molecule has 3 rings (SSSR count). The summed E-state index contributed by atoms with van der Waals surface area (Å²) in [6, 6.07) is 5.68. The first-order valence-corrected chi connectivity index (χ1v) is 6.01. The molecule has 0 bridgehead atoms. The van der Waals surface area contributed by atoms with E-state index in [9.17, 15) is 0 Å². The monoisotopic (exact) mass is 255 g/mol. The Morgan fingerprint density at radius 1 is 1.21 bits per heavy atom. The average Bonchev–Trinajstić information content (AvgIpc) is 2.85. The third-order valence-electron chi connectivity index (χ3n) is 2.54. The number of hydrogen-bond donors (Lipinski definition) is 0. The zero-order valence-electron chi connectivity index (χ0n) is 10.7. The summed E-state index contributed by atoms with van der Waals surface area (Å²) < 4.78 is 7.26. The Labute approximate surface area is 110 Å². The molecule has 0 aromatic carbocycles. The molecule has 0 atom stereocenters. The van der Waals surface area contributed by atoms with Gasteiger partial charge in [-0.2, -0.15) is 9.61 Å². The summed E-state index contributed by atoms with van der Waals surface area (Å²) in [6.07, 6.45) is 5.14. The molecule has 0 aliphatic heterocycles. The van der Waals surface area contributed by atoms with E-state index < -0.39 is 0 Å². The highest BCUT2D eigenvalue weighted by molar-refractivity contribution is 5.60. The number of fused-ring (bicyclic) bond motifs is 1. The van der Waals surface area contributed by atoms with Crippen molar-refractivity contribution in [2.75, 3.05) is 0 Å². The van der Waals surface area contributed by atoms with Gasteiger partial charge in [-0.1, -0.05) is 0 Å². The second-order valence-electron chi connectivity index (χ2n) is 4.43. The van der Waals surface area contributed by atoms with E-state index >= 15 is 0 Å². The molecule has 0 radical (unpaired) electrons. The van der Waals surface area contributed by atoms with Gasteiger partial charge in [0, 0.05) is 11.8 Å². The number of rotatable bonds is 3. The van der Waals surface area contributed by atoms with Crippen LogP contribution in [-0.2, 0) is 0 Å². The fraction of sp³-hybridized carbons (Fsp3) is 0.231. The molecule has 3 aromatic heterocycles. The average molecular weight is 255 g/mol. The Kier molecular flexibility index (Phi) is 2.83. The maximum atomic E-state index is 5.63. The van der Waals surface area contributed by atoms with Crippen LogP contribution < -0.4 is 4.74 Å². The molecule has 6 nitrogen and oxygen atoms in total. The lowest BCUT2D eigenvalue weighted by Gasteiger charge is -2.10. The van der Waals surface area contributed by atoms with E-state index in [1.165, 1.54) is 0 Å². The SMILES string of the molecule is CC(C)Oc1cncc(-c2ccc3nncn3n2)c1. The molecular formula is C13H13N5O. The van der Waals surface area contributed by atoms with Gasteiger partial charge in [-0.15, -0.1) is 10.2 Å². The highest BCUT2D eigenvalue weighted by Gasteiger charge is 2.05. The predicted octanol–water partition coefficient (Wildman–Crippen LogP) is 1.97. The molecule has 0 fully saturated rings. The third-order valence-corrected chi connectivity index (χ3v) is 2.54. The van der Waals surface area contributed by atoms with Crippen LogP contribution in [0.2, 0.25) is 0 Å². The van der Waals surface area contributed by atoms with Crippen molar-refractivity contribution in [2.24, 2.45) is 0 Å². The molecule has 0 aliphatic carbocycles. The Balaban J connectivity index is 2.00. The quantitative estimate of drug-likeness (QED) is 0.716. The molecule has 19 heavy (non-hydrogen) atoms. The Bertz CT molecular complexity index is 707. The van der Waals surface area contributed by atoms with Crippen LogP contribution >= 0.6 is 0 Å². The second-order valence-corrected chi connectivity index (χ2v) is 4.43. The molecule has 0 N–H and O–H groups in total. The first kappa shape index (κ1) is 11.6. The van der Waals surface area contributed by atoms with E-state index in [0.29, 0.717) is 5.65 Å². The summed E-state index contributed by atoms with van der Waals surface area (Å²) in [7, 11) is 0. The molecule has 6 heteroatoms. The topological polar surface area (TPSA) is 65.2 Å². The van der Waals surface area contributed by atoms with E-state index in [1.807, 2.05) is 32.0 Å². The lowest BCUT2D eigenvalue weighted by Crippen LogP contribution is -2.05. The summed E-state index contributed by atoms with van der Waals surface area (Å²) in [5, 5.41) is 12.1. The van der Waals surface area contributed by atoms with Crippen molar-refractivity contribution in [3.8, 4) is 17.0 Å². The molecule has 0 saturated carbocycles. The van der Waals surface area contributed by atoms with Gasteiger partial charge in [0.25, 0.3) is 0 Å². The van der Waals surface area contributed by atoms with Crippen molar-refractivity contribution < 1.29 is 4.74 Å². The van der Waals surface area contributed by atoms with Crippen molar-refractivity contribution >= 4 is 5.65 Å². The van der Waals surface area contributed by atoms with Gasteiger partial charge in [0.05, 0.1) is 18.0 Å². The molecule has 3 heterocycles. The summed E-state index contributed by atoms with van der Waals surface area (Å²) >= 11 is 0. The normalized spacial score (nSPS) is 11.1. The van der Waals surface area contributed by atoms with Gasteiger partial charge in [-0.3, -0.25) is 4.98 Å². The van der Waals surface area contributed by atoms with Gasteiger partial charge in [0.15, 0.2) is 5.65 Å². The predicted molar refractivity (Wildman–Crippen MR) is 69.8 cm³/mol. The van der Waals surface area contributed by atoms with E-state index in [-0.39, 0.29) is 6.10 Å². The zero-order chi connectivity index (χ0) is 13.2.